The molecule has 0 amide bonds. The van der Waals surface area contributed by atoms with Crippen LogP contribution in [0.5, 0.6) is 5.88 Å². The highest BCUT2D eigenvalue weighted by molar-refractivity contribution is 7.80. The quantitative estimate of drug-likeness (QED) is 0.449. The van der Waals surface area contributed by atoms with Gasteiger partial charge in [0.15, 0.2) is 5.11 Å². The van der Waals surface area contributed by atoms with E-state index in [4.69, 9.17) is 38.3 Å². The second-order valence-electron chi connectivity index (χ2n) is 9.24. The molecule has 188 valence electrons. The number of hydrogen-bond acceptors (Lipinski definition) is 6. The summed E-state index contributed by atoms with van der Waals surface area (Å²) in [6.45, 7) is 3.77. The average Bonchev–Trinajstić information content (AvgIpc) is 2.92. The lowest BCUT2D eigenvalue weighted by atomic mass is 9.74. The van der Waals surface area contributed by atoms with Crippen molar-refractivity contribution < 1.29 is 9.47 Å². The molecule has 3 heterocycles. The number of hydrogen-bond donors (Lipinski definition) is 2. The third-order valence-electron chi connectivity index (χ3n) is 7.07. The number of nitrogens with one attached hydrogen (secondary N) is 2. The van der Waals surface area contributed by atoms with Crippen molar-refractivity contribution in [1.82, 2.24) is 15.3 Å². The van der Waals surface area contributed by atoms with Crippen LogP contribution < -0.4 is 20.3 Å². The Morgan fingerprint density at radius 2 is 1.86 bits per heavy atom. The van der Waals surface area contributed by atoms with Gasteiger partial charge in [-0.05, 0) is 60.3 Å². The summed E-state index contributed by atoms with van der Waals surface area (Å²) in [5, 5.41) is 7.77. The second-order valence-corrected chi connectivity index (χ2v) is 10.1. The molecule has 0 aliphatic carbocycles. The van der Waals surface area contributed by atoms with Gasteiger partial charge in [0.25, 0.3) is 0 Å². The molecule has 0 unspecified atom stereocenters. The summed E-state index contributed by atoms with van der Waals surface area (Å²) in [5.74, 6) is 1.71. The molecule has 2 aliphatic heterocycles. The Morgan fingerprint density at radius 3 is 2.61 bits per heavy atom. The SMILES string of the molecule is COc1cc(N2CCc3ccccc3C2)nc(NC(=S)NCC2(c3ccc(Cl)cc3)CCOCC2)n1. The molecule has 2 aromatic carbocycles. The van der Waals surface area contributed by atoms with E-state index in [0.717, 1.165) is 43.2 Å². The molecule has 9 heteroatoms. The van der Waals surface area contributed by atoms with Crippen LogP contribution in [0.4, 0.5) is 11.8 Å². The molecule has 36 heavy (non-hydrogen) atoms. The first kappa shape index (κ1) is 24.7. The van der Waals surface area contributed by atoms with Crippen molar-refractivity contribution in [3.8, 4) is 5.88 Å². The molecule has 0 spiro atoms. The average molecular weight is 524 g/mol. The van der Waals surface area contributed by atoms with Crippen LogP contribution in [0.25, 0.3) is 0 Å². The van der Waals surface area contributed by atoms with E-state index >= 15 is 0 Å². The summed E-state index contributed by atoms with van der Waals surface area (Å²) in [7, 11) is 1.61. The standard InChI is InChI=1S/C27H30ClN5O2S/c1-34-24-16-23(33-13-10-19-4-2-3-5-20(19)17-33)30-25(31-24)32-26(36)29-18-27(11-14-35-15-12-27)21-6-8-22(28)9-7-21/h2-9,16H,10-15,17-18H2,1H3,(H2,29,30,31,32,36). The van der Waals surface area contributed by atoms with E-state index in [1.165, 1.54) is 16.7 Å². The van der Waals surface area contributed by atoms with E-state index in [2.05, 4.69) is 56.9 Å². The van der Waals surface area contributed by atoms with Gasteiger partial charge in [0.2, 0.25) is 11.8 Å². The third kappa shape index (κ3) is 5.56. The van der Waals surface area contributed by atoms with Gasteiger partial charge >= 0.3 is 0 Å². The second kappa shape index (κ2) is 11.0. The monoisotopic (exact) mass is 523 g/mol. The summed E-state index contributed by atoms with van der Waals surface area (Å²) in [4.78, 5) is 11.5. The largest absolute Gasteiger partial charge is 0.481 e. The van der Waals surface area contributed by atoms with Gasteiger partial charge in [0, 0.05) is 49.4 Å². The molecule has 0 radical (unpaired) electrons. The van der Waals surface area contributed by atoms with Crippen molar-refractivity contribution in [2.45, 2.75) is 31.2 Å². The third-order valence-corrected chi connectivity index (χ3v) is 7.57. The molecule has 1 saturated heterocycles. The van der Waals surface area contributed by atoms with Gasteiger partial charge in [0.05, 0.1) is 7.11 Å². The zero-order valence-electron chi connectivity index (χ0n) is 20.3. The van der Waals surface area contributed by atoms with E-state index < -0.39 is 0 Å². The molecule has 0 atom stereocenters. The van der Waals surface area contributed by atoms with Crippen LogP contribution in [0.1, 0.15) is 29.5 Å². The van der Waals surface area contributed by atoms with Crippen molar-refractivity contribution >= 4 is 40.7 Å². The Kier molecular flexibility index (Phi) is 7.55. The van der Waals surface area contributed by atoms with Gasteiger partial charge < -0.3 is 25.0 Å². The van der Waals surface area contributed by atoms with Crippen LogP contribution in [-0.4, -0.2) is 48.5 Å². The normalized spacial score (nSPS) is 16.7. The number of ether oxygens (including phenoxy) is 2. The van der Waals surface area contributed by atoms with Crippen LogP contribution in [0.15, 0.2) is 54.6 Å². The fourth-order valence-corrected chi connectivity index (χ4v) is 5.24. The molecule has 3 aromatic rings. The van der Waals surface area contributed by atoms with Crippen molar-refractivity contribution in [3.63, 3.8) is 0 Å². The summed E-state index contributed by atoms with van der Waals surface area (Å²) in [6.07, 6.45) is 2.78. The Bertz CT molecular complexity index is 1220. The first-order valence-electron chi connectivity index (χ1n) is 12.2. The molecule has 7 nitrogen and oxygen atoms in total. The highest BCUT2D eigenvalue weighted by Gasteiger charge is 2.34. The van der Waals surface area contributed by atoms with E-state index in [-0.39, 0.29) is 5.41 Å². The first-order valence-corrected chi connectivity index (χ1v) is 13.0. The number of nitrogens with zero attached hydrogens (tertiary/aromatic N) is 3. The fourth-order valence-electron chi connectivity index (χ4n) is 4.95. The molecule has 0 saturated carbocycles. The van der Waals surface area contributed by atoms with Gasteiger partial charge in [-0.2, -0.15) is 9.97 Å². The highest BCUT2D eigenvalue weighted by atomic mass is 35.5. The lowest BCUT2D eigenvalue weighted by Gasteiger charge is -2.38. The number of thiocarbonyl (C=S) groups is 1. The minimum absolute atomic E-state index is 0.0871. The number of halogens is 1. The van der Waals surface area contributed by atoms with Crippen LogP contribution in [0, 0.1) is 0 Å². The number of rotatable bonds is 6. The Balaban J connectivity index is 1.29. The Morgan fingerprint density at radius 1 is 1.11 bits per heavy atom. The number of fused-ring (bicyclic) bond motifs is 1. The summed E-state index contributed by atoms with van der Waals surface area (Å²) in [5.41, 5.74) is 3.85. The van der Waals surface area contributed by atoms with Crippen LogP contribution >= 0.6 is 23.8 Å². The lowest BCUT2D eigenvalue weighted by Crippen LogP contribution is -2.45. The van der Waals surface area contributed by atoms with Gasteiger partial charge in [-0.25, -0.2) is 0 Å². The number of aromatic nitrogens is 2. The summed E-state index contributed by atoms with van der Waals surface area (Å²) >= 11 is 11.8. The molecule has 2 N–H and O–H groups in total. The first-order chi connectivity index (χ1) is 17.5. The molecule has 0 bridgehead atoms. The zero-order chi connectivity index (χ0) is 25.0. The van der Waals surface area contributed by atoms with Crippen molar-refractivity contribution in [2.24, 2.45) is 0 Å². The van der Waals surface area contributed by atoms with Crippen molar-refractivity contribution in [3.05, 3.63) is 76.3 Å². The van der Waals surface area contributed by atoms with Gasteiger partial charge in [-0.3, -0.25) is 0 Å². The molecule has 1 aromatic heterocycles. The van der Waals surface area contributed by atoms with Gasteiger partial charge in [0.1, 0.15) is 5.82 Å². The van der Waals surface area contributed by atoms with E-state index in [1.54, 1.807) is 7.11 Å². The van der Waals surface area contributed by atoms with Crippen molar-refractivity contribution in [1.29, 1.82) is 0 Å². The molecule has 2 aliphatic rings. The van der Waals surface area contributed by atoms with Gasteiger partial charge in [-0.15, -0.1) is 0 Å². The lowest BCUT2D eigenvalue weighted by molar-refractivity contribution is 0.0515. The maximum absolute atomic E-state index is 6.13. The topological polar surface area (TPSA) is 71.5 Å². The minimum atomic E-state index is -0.0871. The van der Waals surface area contributed by atoms with Crippen LogP contribution in [0.2, 0.25) is 5.02 Å². The molecule has 5 rings (SSSR count). The minimum Gasteiger partial charge on any atom is -0.481 e. The zero-order valence-corrected chi connectivity index (χ0v) is 21.9. The molecular formula is C27H30ClN5O2S. The Labute approximate surface area is 222 Å². The van der Waals surface area contributed by atoms with Crippen LogP contribution in [0.3, 0.4) is 0 Å². The fraction of sp³-hybridized carbons (Fsp3) is 0.370. The molecular weight excluding hydrogens is 494 g/mol. The van der Waals surface area contributed by atoms with E-state index in [9.17, 15) is 0 Å². The maximum atomic E-state index is 6.13. The van der Waals surface area contributed by atoms with E-state index in [0.29, 0.717) is 36.7 Å². The number of methoxy groups -OCH3 is 1. The maximum Gasteiger partial charge on any atom is 0.234 e. The predicted molar refractivity (Wildman–Crippen MR) is 147 cm³/mol. The summed E-state index contributed by atoms with van der Waals surface area (Å²) < 4.78 is 11.1. The predicted octanol–water partition coefficient (Wildman–Crippen LogP) is 4.74. The van der Waals surface area contributed by atoms with Crippen molar-refractivity contribution in [2.75, 3.05) is 43.6 Å². The molecule has 1 fully saturated rings. The highest BCUT2D eigenvalue weighted by Crippen LogP contribution is 2.35. The van der Waals surface area contributed by atoms with Gasteiger partial charge in [-0.1, -0.05) is 48.0 Å². The summed E-state index contributed by atoms with van der Waals surface area (Å²) in [6, 6.07) is 18.5. The number of anilines is 2. The Hall–Kier alpha value is -2.94. The van der Waals surface area contributed by atoms with Crippen LogP contribution in [-0.2, 0) is 23.1 Å². The van der Waals surface area contributed by atoms with E-state index in [1.807, 2.05) is 18.2 Å². The smallest absolute Gasteiger partial charge is 0.234 e. The number of benzene rings is 2.